The zero-order valence-corrected chi connectivity index (χ0v) is 19.5. The Balaban J connectivity index is 1.52. The van der Waals surface area contributed by atoms with Crippen molar-refractivity contribution in [1.29, 1.82) is 0 Å². The van der Waals surface area contributed by atoms with Crippen molar-refractivity contribution in [2.45, 2.75) is 6.92 Å². The van der Waals surface area contributed by atoms with Gasteiger partial charge in [0, 0.05) is 63.6 Å². The van der Waals surface area contributed by atoms with E-state index in [0.29, 0.717) is 0 Å². The third kappa shape index (κ3) is 3.19. The van der Waals surface area contributed by atoms with Gasteiger partial charge >= 0.3 is 5.69 Å². The van der Waals surface area contributed by atoms with Crippen molar-refractivity contribution in [2.24, 2.45) is 14.1 Å². The van der Waals surface area contributed by atoms with Crippen molar-refractivity contribution >= 4 is 27.8 Å². The lowest BCUT2D eigenvalue weighted by atomic mass is 10.0. The number of anilines is 1. The molecule has 6 rings (SSSR count). The van der Waals surface area contributed by atoms with Gasteiger partial charge in [-0.3, -0.25) is 18.8 Å². The van der Waals surface area contributed by atoms with Crippen molar-refractivity contribution < 1.29 is 0 Å². The number of hydrogen-bond donors (Lipinski definition) is 1. The first kappa shape index (κ1) is 20.6. The molecule has 0 atom stereocenters. The minimum atomic E-state index is -0.118. The van der Waals surface area contributed by atoms with E-state index in [0.717, 1.165) is 76.4 Å². The number of hydrogen-bond acceptors (Lipinski definition) is 6. The molecular formula is C25H26N8O. The molecule has 5 aromatic rings. The van der Waals surface area contributed by atoms with Crippen LogP contribution in [0.4, 0.5) is 5.82 Å². The topological polar surface area (TPSA) is 85.8 Å². The van der Waals surface area contributed by atoms with E-state index >= 15 is 0 Å². The number of aryl methyl sites for hydroxylation is 3. The van der Waals surface area contributed by atoms with E-state index in [9.17, 15) is 4.79 Å². The number of pyridine rings is 2. The fraction of sp³-hybridized carbons (Fsp3) is 0.280. The largest absolute Gasteiger partial charge is 0.354 e. The third-order valence-corrected chi connectivity index (χ3v) is 6.63. The maximum Gasteiger partial charge on any atom is 0.333 e. The minimum Gasteiger partial charge on any atom is -0.354 e. The van der Waals surface area contributed by atoms with Crippen molar-refractivity contribution in [3.8, 4) is 16.8 Å². The highest BCUT2D eigenvalue weighted by atomic mass is 16.1. The summed E-state index contributed by atoms with van der Waals surface area (Å²) < 4.78 is 5.12. The molecule has 0 amide bonds. The van der Waals surface area contributed by atoms with Crippen LogP contribution in [0.3, 0.4) is 0 Å². The number of piperazine rings is 1. The number of nitrogens with one attached hydrogen (secondary N) is 1. The average molecular weight is 455 g/mol. The van der Waals surface area contributed by atoms with Crippen LogP contribution in [0.25, 0.3) is 38.8 Å². The Morgan fingerprint density at radius 2 is 1.76 bits per heavy atom. The van der Waals surface area contributed by atoms with Gasteiger partial charge < -0.3 is 10.2 Å². The maximum absolute atomic E-state index is 13.3. The zero-order chi connectivity index (χ0) is 23.4. The first-order valence-electron chi connectivity index (χ1n) is 11.4. The lowest BCUT2D eigenvalue weighted by molar-refractivity contribution is 0.585. The molecule has 0 spiro atoms. The Morgan fingerprint density at radius 3 is 2.47 bits per heavy atom. The molecule has 5 heterocycles. The molecule has 9 nitrogen and oxygen atoms in total. The number of nitrogens with zero attached hydrogens (tertiary/aromatic N) is 7. The molecule has 0 bridgehead atoms. The summed E-state index contributed by atoms with van der Waals surface area (Å²) in [4.78, 5) is 24.9. The molecule has 0 aliphatic carbocycles. The summed E-state index contributed by atoms with van der Waals surface area (Å²) in [7, 11) is 3.64. The third-order valence-electron chi connectivity index (χ3n) is 6.63. The summed E-state index contributed by atoms with van der Waals surface area (Å²) in [5.74, 6) is 0.999. The van der Waals surface area contributed by atoms with Crippen molar-refractivity contribution in [3.63, 3.8) is 0 Å². The van der Waals surface area contributed by atoms with Crippen LogP contribution in [0.15, 0.2) is 53.7 Å². The molecular weight excluding hydrogens is 428 g/mol. The maximum atomic E-state index is 13.3. The molecule has 0 saturated carbocycles. The molecule has 4 aromatic heterocycles. The second-order valence-corrected chi connectivity index (χ2v) is 8.82. The summed E-state index contributed by atoms with van der Waals surface area (Å²) in [5.41, 5.74) is 5.97. The van der Waals surface area contributed by atoms with Gasteiger partial charge in [0.2, 0.25) is 0 Å². The number of imidazole rings is 1. The molecule has 1 aromatic carbocycles. The Kier molecular flexibility index (Phi) is 4.73. The van der Waals surface area contributed by atoms with E-state index in [1.165, 1.54) is 0 Å². The van der Waals surface area contributed by atoms with Crippen LogP contribution >= 0.6 is 0 Å². The van der Waals surface area contributed by atoms with Crippen molar-refractivity contribution in [2.75, 3.05) is 31.1 Å². The van der Waals surface area contributed by atoms with Crippen molar-refractivity contribution in [3.05, 3.63) is 65.1 Å². The molecule has 172 valence electrons. The standard InChI is InChI=1S/C25H26N8O/c1-16-22(15-30(2)29-16)33-24-19-12-17(4-6-20(19)27-14-21(24)31(3)25(33)34)18-5-7-23(28-13-18)32-10-8-26-9-11-32/h4-7,12-15,26H,8-11H2,1-3H3. The van der Waals surface area contributed by atoms with E-state index in [4.69, 9.17) is 4.98 Å². The lowest BCUT2D eigenvalue weighted by Crippen LogP contribution is -2.43. The fourth-order valence-corrected chi connectivity index (χ4v) is 4.84. The highest BCUT2D eigenvalue weighted by molar-refractivity contribution is 6.04. The van der Waals surface area contributed by atoms with Gasteiger partial charge in [-0.25, -0.2) is 9.78 Å². The lowest BCUT2D eigenvalue weighted by Gasteiger charge is -2.28. The van der Waals surface area contributed by atoms with Crippen molar-refractivity contribution in [1.82, 2.24) is 34.2 Å². The Bertz CT molecular complexity index is 1590. The average Bonchev–Trinajstić information content (AvgIpc) is 3.33. The molecule has 0 unspecified atom stereocenters. The fourth-order valence-electron chi connectivity index (χ4n) is 4.84. The van der Waals surface area contributed by atoms with Gasteiger partial charge in [0.25, 0.3) is 0 Å². The van der Waals surface area contributed by atoms with Gasteiger partial charge in [0.1, 0.15) is 5.82 Å². The second kappa shape index (κ2) is 7.81. The summed E-state index contributed by atoms with van der Waals surface area (Å²) in [6, 6.07) is 10.4. The van der Waals surface area contributed by atoms with E-state index in [-0.39, 0.29) is 5.69 Å². The molecule has 1 aliphatic rings. The molecule has 1 saturated heterocycles. The van der Waals surface area contributed by atoms with Gasteiger partial charge in [-0.05, 0) is 36.8 Å². The Morgan fingerprint density at radius 1 is 0.971 bits per heavy atom. The van der Waals surface area contributed by atoms with E-state index < -0.39 is 0 Å². The highest BCUT2D eigenvalue weighted by Gasteiger charge is 2.19. The highest BCUT2D eigenvalue weighted by Crippen LogP contribution is 2.30. The van der Waals surface area contributed by atoms with Crippen LogP contribution in [0.1, 0.15) is 5.69 Å². The van der Waals surface area contributed by atoms with Crippen LogP contribution in [-0.4, -0.2) is 55.1 Å². The number of benzene rings is 1. The van der Waals surface area contributed by atoms with Gasteiger partial charge in [-0.1, -0.05) is 6.07 Å². The molecule has 34 heavy (non-hydrogen) atoms. The van der Waals surface area contributed by atoms with Gasteiger partial charge in [-0.2, -0.15) is 5.10 Å². The van der Waals surface area contributed by atoms with Crippen LogP contribution in [-0.2, 0) is 14.1 Å². The Labute approximate surface area is 196 Å². The Hall–Kier alpha value is -3.98. The van der Waals surface area contributed by atoms with E-state index in [1.54, 1.807) is 27.1 Å². The minimum absolute atomic E-state index is 0.118. The quantitative estimate of drug-likeness (QED) is 0.451. The van der Waals surface area contributed by atoms with Crippen LogP contribution < -0.4 is 15.9 Å². The molecule has 1 aliphatic heterocycles. The predicted molar refractivity (Wildman–Crippen MR) is 134 cm³/mol. The predicted octanol–water partition coefficient (Wildman–Crippen LogP) is 2.39. The molecule has 1 fully saturated rings. The second-order valence-electron chi connectivity index (χ2n) is 8.82. The summed E-state index contributed by atoms with van der Waals surface area (Å²) in [6.45, 7) is 5.80. The summed E-state index contributed by atoms with van der Waals surface area (Å²) >= 11 is 0. The van der Waals surface area contributed by atoms with Crippen LogP contribution in [0, 0.1) is 6.92 Å². The normalized spacial score (nSPS) is 14.4. The molecule has 1 N–H and O–H groups in total. The number of rotatable bonds is 3. The smallest absolute Gasteiger partial charge is 0.333 e. The van der Waals surface area contributed by atoms with Crippen LogP contribution in [0.2, 0.25) is 0 Å². The first-order chi connectivity index (χ1) is 16.5. The van der Waals surface area contributed by atoms with Gasteiger partial charge in [0.15, 0.2) is 0 Å². The summed E-state index contributed by atoms with van der Waals surface area (Å²) in [5, 5.41) is 8.74. The van der Waals surface area contributed by atoms with E-state index in [2.05, 4.69) is 44.6 Å². The zero-order valence-electron chi connectivity index (χ0n) is 19.5. The monoisotopic (exact) mass is 454 g/mol. The van der Waals surface area contributed by atoms with Gasteiger partial charge in [0.05, 0.1) is 34.1 Å². The first-order valence-corrected chi connectivity index (χ1v) is 11.4. The van der Waals surface area contributed by atoms with Gasteiger partial charge in [-0.15, -0.1) is 0 Å². The number of aromatic nitrogens is 6. The van der Waals surface area contributed by atoms with Crippen LogP contribution in [0.5, 0.6) is 0 Å². The molecule has 9 heteroatoms. The number of fused-ring (bicyclic) bond motifs is 3. The summed E-state index contributed by atoms with van der Waals surface area (Å²) in [6.07, 6.45) is 5.57. The van der Waals surface area contributed by atoms with E-state index in [1.807, 2.05) is 32.4 Å². The SMILES string of the molecule is Cc1nn(C)cc1-n1c(=O)n(C)c2cnc3ccc(-c4ccc(N5CCNCC5)nc4)cc3c21. The molecule has 0 radical (unpaired) electrons.